The largest absolute Gasteiger partial charge is 0.482 e. The molecule has 0 aliphatic carbocycles. The second-order valence-corrected chi connectivity index (χ2v) is 10.0. The molecule has 158 valence electrons. The van der Waals surface area contributed by atoms with Gasteiger partial charge in [-0.15, -0.1) is 11.8 Å². The van der Waals surface area contributed by atoms with Gasteiger partial charge in [-0.3, -0.25) is 0 Å². The number of rotatable bonds is 12. The minimum Gasteiger partial charge on any atom is -0.482 e. The van der Waals surface area contributed by atoms with Crippen LogP contribution in [-0.2, 0) is 14.6 Å². The highest BCUT2D eigenvalue weighted by molar-refractivity contribution is 7.99. The lowest BCUT2D eigenvalue weighted by atomic mass is 10.2. The molecule has 0 atom stereocenters. The number of hydrogen-bond acceptors (Lipinski definition) is 6. The zero-order chi connectivity index (χ0) is 21.3. The van der Waals surface area contributed by atoms with Crippen LogP contribution in [0.25, 0.3) is 0 Å². The van der Waals surface area contributed by atoms with Crippen molar-refractivity contribution < 1.29 is 23.1 Å². The minimum absolute atomic E-state index is 0.0891. The second-order valence-electron chi connectivity index (χ2n) is 6.33. The molecule has 0 aromatic heterocycles. The summed E-state index contributed by atoms with van der Waals surface area (Å²) in [4.78, 5) is 11.9. The van der Waals surface area contributed by atoms with Crippen LogP contribution in [0, 0.1) is 6.92 Å². The van der Waals surface area contributed by atoms with Gasteiger partial charge in [0.15, 0.2) is 16.4 Å². The Morgan fingerprint density at radius 3 is 2.55 bits per heavy atom. The highest BCUT2D eigenvalue weighted by Gasteiger charge is 2.13. The van der Waals surface area contributed by atoms with Crippen LogP contribution in [-0.4, -0.2) is 50.7 Å². The standard InChI is InChI=1S/C20H24ClNO5S2/c1-15-13-17(5-8-19(15)27-14-20(23)24)28-11-10-22-9-2-12-29(25,26)18-6-3-16(21)4-7-18/h3-8,13,22H,2,9-12,14H2,1H3,(H,23,24). The Kier molecular flexibility index (Phi) is 9.29. The van der Waals surface area contributed by atoms with Gasteiger partial charge in [0, 0.05) is 22.2 Å². The Labute approximate surface area is 180 Å². The Bertz CT molecular complexity index is 917. The van der Waals surface area contributed by atoms with Crippen molar-refractivity contribution in [2.75, 3.05) is 31.2 Å². The van der Waals surface area contributed by atoms with Gasteiger partial charge in [-0.05, 0) is 67.9 Å². The molecule has 29 heavy (non-hydrogen) atoms. The van der Waals surface area contributed by atoms with Crippen molar-refractivity contribution in [2.45, 2.75) is 23.1 Å². The lowest BCUT2D eigenvalue weighted by Gasteiger charge is -2.09. The zero-order valence-electron chi connectivity index (χ0n) is 16.1. The predicted octanol–water partition coefficient (Wildman–Crippen LogP) is 3.66. The molecule has 0 aliphatic rings. The molecule has 0 bridgehead atoms. The third kappa shape index (κ3) is 8.26. The van der Waals surface area contributed by atoms with Gasteiger partial charge in [-0.25, -0.2) is 13.2 Å². The van der Waals surface area contributed by atoms with Crippen LogP contribution < -0.4 is 10.1 Å². The quantitative estimate of drug-likeness (QED) is 0.371. The highest BCUT2D eigenvalue weighted by Crippen LogP contribution is 2.25. The molecule has 6 nitrogen and oxygen atoms in total. The number of carboxylic acid groups (broad SMARTS) is 1. The summed E-state index contributed by atoms with van der Waals surface area (Å²) < 4.78 is 29.7. The number of nitrogens with one attached hydrogen (secondary N) is 1. The van der Waals surface area contributed by atoms with Gasteiger partial charge in [0.05, 0.1) is 10.6 Å². The summed E-state index contributed by atoms with van der Waals surface area (Å²) in [5.41, 5.74) is 0.886. The molecular formula is C20H24ClNO5S2. The van der Waals surface area contributed by atoms with E-state index in [-0.39, 0.29) is 12.4 Å². The van der Waals surface area contributed by atoms with Crippen LogP contribution in [0.5, 0.6) is 5.75 Å². The first kappa shape index (κ1) is 23.5. The van der Waals surface area contributed by atoms with E-state index in [0.717, 1.165) is 22.8 Å². The molecule has 0 unspecified atom stereocenters. The maximum Gasteiger partial charge on any atom is 0.341 e. The van der Waals surface area contributed by atoms with E-state index in [1.807, 2.05) is 19.1 Å². The molecule has 0 saturated carbocycles. The van der Waals surface area contributed by atoms with Crippen molar-refractivity contribution in [2.24, 2.45) is 0 Å². The van der Waals surface area contributed by atoms with Crippen LogP contribution in [0.1, 0.15) is 12.0 Å². The number of aliphatic carboxylic acids is 1. The van der Waals surface area contributed by atoms with E-state index in [4.69, 9.17) is 21.4 Å². The smallest absolute Gasteiger partial charge is 0.341 e. The third-order valence-electron chi connectivity index (χ3n) is 3.98. The van der Waals surface area contributed by atoms with Crippen LogP contribution in [0.3, 0.4) is 0 Å². The van der Waals surface area contributed by atoms with E-state index in [2.05, 4.69) is 5.32 Å². The van der Waals surface area contributed by atoms with Gasteiger partial charge in [0.2, 0.25) is 0 Å². The molecule has 0 aliphatic heterocycles. The number of benzene rings is 2. The summed E-state index contributed by atoms with van der Waals surface area (Å²) >= 11 is 7.45. The highest BCUT2D eigenvalue weighted by atomic mass is 35.5. The number of carbonyl (C=O) groups is 1. The van der Waals surface area contributed by atoms with E-state index >= 15 is 0 Å². The molecule has 0 heterocycles. The fourth-order valence-electron chi connectivity index (χ4n) is 2.53. The van der Waals surface area contributed by atoms with Gasteiger partial charge < -0.3 is 15.2 Å². The first-order valence-electron chi connectivity index (χ1n) is 9.05. The molecule has 0 amide bonds. The predicted molar refractivity (Wildman–Crippen MR) is 116 cm³/mol. The zero-order valence-corrected chi connectivity index (χ0v) is 18.4. The molecule has 0 radical (unpaired) electrons. The van der Waals surface area contributed by atoms with Crippen LogP contribution in [0.15, 0.2) is 52.3 Å². The average Bonchev–Trinajstić information content (AvgIpc) is 2.66. The monoisotopic (exact) mass is 457 g/mol. The number of thioether (sulfide) groups is 1. The second kappa shape index (κ2) is 11.4. The SMILES string of the molecule is Cc1cc(SCCNCCCS(=O)(=O)c2ccc(Cl)cc2)ccc1OCC(=O)O. The lowest BCUT2D eigenvalue weighted by molar-refractivity contribution is -0.139. The van der Waals surface area contributed by atoms with Gasteiger partial charge >= 0.3 is 5.97 Å². The first-order valence-corrected chi connectivity index (χ1v) is 12.1. The summed E-state index contributed by atoms with van der Waals surface area (Å²) in [5.74, 6) is 0.483. The molecule has 2 aromatic rings. The van der Waals surface area contributed by atoms with E-state index in [1.165, 1.54) is 12.1 Å². The number of ether oxygens (including phenoxy) is 1. The number of halogens is 1. The van der Waals surface area contributed by atoms with Crippen LogP contribution >= 0.6 is 23.4 Å². The normalized spacial score (nSPS) is 11.4. The Balaban J connectivity index is 1.65. The van der Waals surface area contributed by atoms with Crippen molar-refractivity contribution in [3.8, 4) is 5.75 Å². The molecule has 0 fully saturated rings. The van der Waals surface area contributed by atoms with Crippen LogP contribution in [0.4, 0.5) is 0 Å². The number of aryl methyl sites for hydroxylation is 1. The fraction of sp³-hybridized carbons (Fsp3) is 0.350. The van der Waals surface area contributed by atoms with Crippen molar-refractivity contribution in [3.05, 3.63) is 53.1 Å². The maximum atomic E-state index is 12.2. The molecule has 2 aromatic carbocycles. The average molecular weight is 458 g/mol. The minimum atomic E-state index is -3.28. The molecule has 0 spiro atoms. The maximum absolute atomic E-state index is 12.2. The topological polar surface area (TPSA) is 92.7 Å². The molecular weight excluding hydrogens is 434 g/mol. The summed E-state index contributed by atoms with van der Waals surface area (Å²) in [6.07, 6.45) is 0.532. The van der Waals surface area contributed by atoms with Gasteiger partial charge in [-0.1, -0.05) is 11.6 Å². The van der Waals surface area contributed by atoms with E-state index < -0.39 is 15.8 Å². The van der Waals surface area contributed by atoms with Gasteiger partial charge in [0.25, 0.3) is 0 Å². The molecule has 0 saturated heterocycles. The fourth-order valence-corrected chi connectivity index (χ4v) is 4.87. The Hall–Kier alpha value is -1.74. The Morgan fingerprint density at radius 2 is 1.90 bits per heavy atom. The number of hydrogen-bond donors (Lipinski definition) is 2. The van der Waals surface area contributed by atoms with E-state index in [9.17, 15) is 13.2 Å². The van der Waals surface area contributed by atoms with Crippen molar-refractivity contribution in [3.63, 3.8) is 0 Å². The van der Waals surface area contributed by atoms with Crippen molar-refractivity contribution in [1.29, 1.82) is 0 Å². The summed E-state index contributed by atoms with van der Waals surface area (Å²) in [5, 5.41) is 12.4. The van der Waals surface area contributed by atoms with Gasteiger partial charge in [0.1, 0.15) is 5.75 Å². The summed E-state index contributed by atoms with van der Waals surface area (Å²) in [6.45, 7) is 2.89. The number of sulfone groups is 1. The van der Waals surface area contributed by atoms with E-state index in [0.29, 0.717) is 28.6 Å². The van der Waals surface area contributed by atoms with Gasteiger partial charge in [-0.2, -0.15) is 0 Å². The summed E-state index contributed by atoms with van der Waals surface area (Å²) in [6, 6.07) is 11.8. The number of carboxylic acids is 1. The lowest BCUT2D eigenvalue weighted by Crippen LogP contribution is -2.21. The summed E-state index contributed by atoms with van der Waals surface area (Å²) in [7, 11) is -3.28. The molecule has 9 heteroatoms. The molecule has 2 rings (SSSR count). The first-order chi connectivity index (χ1) is 13.8. The van der Waals surface area contributed by atoms with E-state index in [1.54, 1.807) is 30.0 Å². The third-order valence-corrected chi connectivity index (χ3v) is 7.05. The van der Waals surface area contributed by atoms with Crippen molar-refractivity contribution in [1.82, 2.24) is 5.32 Å². The van der Waals surface area contributed by atoms with Crippen LogP contribution in [0.2, 0.25) is 5.02 Å². The molecule has 2 N–H and O–H groups in total. The van der Waals surface area contributed by atoms with Crippen molar-refractivity contribution >= 4 is 39.2 Å². The Morgan fingerprint density at radius 1 is 1.17 bits per heavy atom.